The van der Waals surface area contributed by atoms with Gasteiger partial charge in [-0.25, -0.2) is 15.0 Å². The van der Waals surface area contributed by atoms with E-state index in [1.807, 2.05) is 12.3 Å². The van der Waals surface area contributed by atoms with Crippen LogP contribution in [0.25, 0.3) is 0 Å². The summed E-state index contributed by atoms with van der Waals surface area (Å²) in [7, 11) is 0. The van der Waals surface area contributed by atoms with E-state index in [2.05, 4.69) is 33.3 Å². The number of nitriles is 1. The quantitative estimate of drug-likeness (QED) is 0.918. The molecule has 2 heterocycles. The maximum Gasteiger partial charge on any atom is 0.223 e. The van der Waals surface area contributed by atoms with Gasteiger partial charge in [0.05, 0.1) is 17.5 Å². The van der Waals surface area contributed by atoms with Crippen molar-refractivity contribution in [3.63, 3.8) is 0 Å². The van der Waals surface area contributed by atoms with Crippen molar-refractivity contribution in [2.75, 3.05) is 5.32 Å². The van der Waals surface area contributed by atoms with Gasteiger partial charge in [-0.2, -0.15) is 5.26 Å². The van der Waals surface area contributed by atoms with Gasteiger partial charge in [0.15, 0.2) is 0 Å². The summed E-state index contributed by atoms with van der Waals surface area (Å²) in [6, 6.07) is 2.83. The lowest BCUT2D eigenvalue weighted by Gasteiger charge is -2.11. The second kappa shape index (κ2) is 5.78. The van der Waals surface area contributed by atoms with Crippen LogP contribution < -0.4 is 5.32 Å². The first kappa shape index (κ1) is 14.0. The SMILES string of the molecule is CCc1csc(C(C#N)c2nc(NC3CC3)ncc2C)n1. The van der Waals surface area contributed by atoms with Gasteiger partial charge in [-0.1, -0.05) is 6.92 Å². The normalized spacial score (nSPS) is 15.5. The molecule has 1 atom stereocenters. The third-order valence-electron chi connectivity index (χ3n) is 3.50. The van der Waals surface area contributed by atoms with E-state index < -0.39 is 5.92 Å². The van der Waals surface area contributed by atoms with Crippen molar-refractivity contribution in [1.82, 2.24) is 15.0 Å². The molecule has 0 radical (unpaired) electrons. The summed E-state index contributed by atoms with van der Waals surface area (Å²) in [6.07, 6.45) is 5.00. The second-order valence-corrected chi connectivity index (χ2v) is 6.16. The zero-order chi connectivity index (χ0) is 14.8. The van der Waals surface area contributed by atoms with Crippen LogP contribution in [0.4, 0.5) is 5.95 Å². The average Bonchev–Trinajstić information content (AvgIpc) is 3.18. The first-order chi connectivity index (χ1) is 10.2. The van der Waals surface area contributed by atoms with Crippen LogP contribution in [0.3, 0.4) is 0 Å². The monoisotopic (exact) mass is 299 g/mol. The first-order valence-electron chi connectivity index (χ1n) is 7.15. The summed E-state index contributed by atoms with van der Waals surface area (Å²) < 4.78 is 0. The summed E-state index contributed by atoms with van der Waals surface area (Å²) in [5, 5.41) is 15.7. The fourth-order valence-corrected chi connectivity index (χ4v) is 3.02. The Morgan fingerprint density at radius 1 is 1.48 bits per heavy atom. The van der Waals surface area contributed by atoms with Crippen LogP contribution in [0.2, 0.25) is 0 Å². The minimum atomic E-state index is -0.418. The Labute approximate surface area is 128 Å². The number of rotatable bonds is 5. The lowest BCUT2D eigenvalue weighted by molar-refractivity contribution is 0.891. The molecule has 1 fully saturated rings. The van der Waals surface area contributed by atoms with E-state index in [1.54, 1.807) is 6.20 Å². The molecule has 1 saturated carbocycles. The van der Waals surface area contributed by atoms with E-state index in [-0.39, 0.29) is 0 Å². The molecule has 0 aliphatic heterocycles. The number of nitrogens with zero attached hydrogens (tertiary/aromatic N) is 4. The molecule has 1 N–H and O–H groups in total. The zero-order valence-electron chi connectivity index (χ0n) is 12.1. The third kappa shape index (κ3) is 3.03. The van der Waals surface area contributed by atoms with E-state index in [0.717, 1.165) is 28.4 Å². The molecule has 0 aromatic carbocycles. The summed E-state index contributed by atoms with van der Waals surface area (Å²) in [4.78, 5) is 13.4. The minimum absolute atomic E-state index is 0.418. The molecule has 1 aliphatic carbocycles. The third-order valence-corrected chi connectivity index (χ3v) is 4.46. The standard InChI is InChI=1S/C15H17N5S/c1-3-10-8-21-14(18-10)12(6-16)13-9(2)7-17-15(20-13)19-11-4-5-11/h7-8,11-12H,3-5H2,1-2H3,(H,17,19,20). The highest BCUT2D eigenvalue weighted by Crippen LogP contribution is 2.29. The molecule has 0 saturated heterocycles. The number of aromatic nitrogens is 3. The van der Waals surface area contributed by atoms with Gasteiger partial charge < -0.3 is 5.32 Å². The van der Waals surface area contributed by atoms with Gasteiger partial charge in [0, 0.05) is 17.6 Å². The van der Waals surface area contributed by atoms with Gasteiger partial charge in [-0.3, -0.25) is 0 Å². The molecular formula is C15H17N5S. The first-order valence-corrected chi connectivity index (χ1v) is 8.03. The second-order valence-electron chi connectivity index (χ2n) is 5.27. The molecular weight excluding hydrogens is 282 g/mol. The molecule has 2 aromatic rings. The Morgan fingerprint density at radius 3 is 2.90 bits per heavy atom. The van der Waals surface area contributed by atoms with Crippen LogP contribution in [-0.2, 0) is 6.42 Å². The zero-order valence-corrected chi connectivity index (χ0v) is 12.9. The summed E-state index contributed by atoms with van der Waals surface area (Å²) in [5.41, 5.74) is 2.71. The number of thiazole rings is 1. The molecule has 21 heavy (non-hydrogen) atoms. The van der Waals surface area contributed by atoms with Gasteiger partial charge in [0.25, 0.3) is 0 Å². The van der Waals surface area contributed by atoms with Crippen LogP contribution in [-0.4, -0.2) is 21.0 Å². The summed E-state index contributed by atoms with van der Waals surface area (Å²) >= 11 is 1.53. The van der Waals surface area contributed by atoms with E-state index in [9.17, 15) is 5.26 Å². The lowest BCUT2D eigenvalue weighted by Crippen LogP contribution is -2.10. The highest BCUT2D eigenvalue weighted by molar-refractivity contribution is 7.09. The molecule has 2 aromatic heterocycles. The molecule has 1 aliphatic rings. The Bertz CT molecular complexity index is 684. The minimum Gasteiger partial charge on any atom is -0.351 e. The smallest absolute Gasteiger partial charge is 0.223 e. The Hall–Kier alpha value is -2.00. The largest absolute Gasteiger partial charge is 0.351 e. The number of aryl methyl sites for hydroxylation is 2. The highest BCUT2D eigenvalue weighted by atomic mass is 32.1. The highest BCUT2D eigenvalue weighted by Gasteiger charge is 2.25. The maximum absolute atomic E-state index is 9.56. The molecule has 1 unspecified atom stereocenters. The fourth-order valence-electron chi connectivity index (χ4n) is 2.08. The van der Waals surface area contributed by atoms with Crippen molar-refractivity contribution in [2.45, 2.75) is 45.1 Å². The van der Waals surface area contributed by atoms with E-state index >= 15 is 0 Å². The van der Waals surface area contributed by atoms with Crippen molar-refractivity contribution < 1.29 is 0 Å². The van der Waals surface area contributed by atoms with Crippen molar-refractivity contribution in [3.05, 3.63) is 33.5 Å². The van der Waals surface area contributed by atoms with Crippen LogP contribution in [0.1, 0.15) is 47.6 Å². The topological polar surface area (TPSA) is 74.5 Å². The molecule has 0 bridgehead atoms. The van der Waals surface area contributed by atoms with E-state index in [0.29, 0.717) is 12.0 Å². The van der Waals surface area contributed by atoms with Crippen molar-refractivity contribution >= 4 is 17.3 Å². The Balaban J connectivity index is 1.93. The fraction of sp³-hybridized carbons (Fsp3) is 0.467. The number of nitrogens with one attached hydrogen (secondary N) is 1. The molecule has 108 valence electrons. The summed E-state index contributed by atoms with van der Waals surface area (Å²) in [6.45, 7) is 4.00. The average molecular weight is 299 g/mol. The van der Waals surface area contributed by atoms with Gasteiger partial charge in [0.2, 0.25) is 5.95 Å². The van der Waals surface area contributed by atoms with Crippen molar-refractivity contribution in [3.8, 4) is 6.07 Å². The van der Waals surface area contributed by atoms with Gasteiger partial charge in [-0.05, 0) is 31.7 Å². The molecule has 0 amide bonds. The van der Waals surface area contributed by atoms with Crippen LogP contribution in [0.5, 0.6) is 0 Å². The number of hydrogen-bond donors (Lipinski definition) is 1. The van der Waals surface area contributed by atoms with Crippen molar-refractivity contribution in [2.24, 2.45) is 0 Å². The predicted molar refractivity (Wildman–Crippen MR) is 82.4 cm³/mol. The van der Waals surface area contributed by atoms with Crippen LogP contribution >= 0.6 is 11.3 Å². The maximum atomic E-state index is 9.56. The van der Waals surface area contributed by atoms with E-state index in [1.165, 1.54) is 24.2 Å². The Morgan fingerprint density at radius 2 is 2.29 bits per heavy atom. The van der Waals surface area contributed by atoms with Gasteiger partial charge in [-0.15, -0.1) is 11.3 Å². The lowest BCUT2D eigenvalue weighted by atomic mass is 10.0. The number of hydrogen-bond acceptors (Lipinski definition) is 6. The molecule has 0 spiro atoms. The summed E-state index contributed by atoms with van der Waals surface area (Å²) in [5.74, 6) is 0.198. The van der Waals surface area contributed by atoms with Gasteiger partial charge >= 0.3 is 0 Å². The number of anilines is 1. The van der Waals surface area contributed by atoms with Crippen LogP contribution in [0, 0.1) is 18.3 Å². The van der Waals surface area contributed by atoms with Crippen molar-refractivity contribution in [1.29, 1.82) is 5.26 Å². The predicted octanol–water partition coefficient (Wildman–Crippen LogP) is 3.03. The Kier molecular flexibility index (Phi) is 3.84. The molecule has 3 rings (SSSR count). The molecule has 6 heteroatoms. The van der Waals surface area contributed by atoms with E-state index in [4.69, 9.17) is 0 Å². The molecule has 5 nitrogen and oxygen atoms in total. The van der Waals surface area contributed by atoms with Crippen LogP contribution in [0.15, 0.2) is 11.6 Å². The van der Waals surface area contributed by atoms with Gasteiger partial charge in [0.1, 0.15) is 10.9 Å².